The van der Waals surface area contributed by atoms with Crippen LogP contribution in [0.15, 0.2) is 24.3 Å². The average Bonchev–Trinajstić information content (AvgIpc) is 2.49. The van der Waals surface area contributed by atoms with E-state index in [0.717, 1.165) is 25.4 Å². The maximum Gasteiger partial charge on any atom is 0.118 e. The summed E-state index contributed by atoms with van der Waals surface area (Å²) in [6.07, 6.45) is 0. The third-order valence-corrected chi connectivity index (χ3v) is 3.83. The van der Waals surface area contributed by atoms with Crippen LogP contribution in [-0.4, -0.2) is 51.9 Å². The molecule has 0 fully saturated rings. The van der Waals surface area contributed by atoms with E-state index in [9.17, 15) is 0 Å². The van der Waals surface area contributed by atoms with Crippen molar-refractivity contribution in [2.24, 2.45) is 0 Å². The van der Waals surface area contributed by atoms with Gasteiger partial charge in [0.15, 0.2) is 0 Å². The summed E-state index contributed by atoms with van der Waals surface area (Å²) in [6.45, 7) is 7.16. The number of nitrogens with zero attached hydrogens (tertiary/aromatic N) is 1. The number of rotatable bonds is 9. The summed E-state index contributed by atoms with van der Waals surface area (Å²) in [6, 6.07) is 8.96. The van der Waals surface area contributed by atoms with Crippen LogP contribution in [-0.2, 0) is 4.74 Å². The molecule has 0 bridgehead atoms. The molecule has 20 heavy (non-hydrogen) atoms. The first-order valence-electron chi connectivity index (χ1n) is 7.22. The highest BCUT2D eigenvalue weighted by molar-refractivity contribution is 5.29. The van der Waals surface area contributed by atoms with Gasteiger partial charge < -0.3 is 14.8 Å². The van der Waals surface area contributed by atoms with Crippen molar-refractivity contribution in [3.05, 3.63) is 29.8 Å². The van der Waals surface area contributed by atoms with Gasteiger partial charge in [-0.25, -0.2) is 0 Å². The highest BCUT2D eigenvalue weighted by Gasteiger charge is 2.22. The third-order valence-electron chi connectivity index (χ3n) is 3.83. The van der Waals surface area contributed by atoms with E-state index in [-0.39, 0.29) is 6.04 Å². The van der Waals surface area contributed by atoms with Crippen molar-refractivity contribution in [3.63, 3.8) is 0 Å². The highest BCUT2D eigenvalue weighted by atomic mass is 16.5. The Morgan fingerprint density at radius 1 is 1.20 bits per heavy atom. The summed E-state index contributed by atoms with van der Waals surface area (Å²) in [5, 5.41) is 3.42. The second kappa shape index (κ2) is 8.95. The average molecular weight is 280 g/mol. The Hall–Kier alpha value is -1.10. The van der Waals surface area contributed by atoms with E-state index in [1.165, 1.54) is 5.56 Å². The van der Waals surface area contributed by atoms with E-state index in [2.05, 4.69) is 36.2 Å². The van der Waals surface area contributed by atoms with Crippen molar-refractivity contribution in [3.8, 4) is 5.75 Å². The maximum atomic E-state index is 5.22. The Balaban J connectivity index is 2.80. The summed E-state index contributed by atoms with van der Waals surface area (Å²) < 4.78 is 10.4. The molecule has 4 nitrogen and oxygen atoms in total. The van der Waals surface area contributed by atoms with Crippen LogP contribution in [0, 0.1) is 0 Å². The standard InChI is InChI=1S/C16H28N2O2/c1-6-18(11-12-19-4)13(2)16(17-3)14-7-9-15(20-5)10-8-14/h7-10,13,16-17H,6,11-12H2,1-5H3. The smallest absolute Gasteiger partial charge is 0.118 e. The zero-order valence-electron chi connectivity index (χ0n) is 13.3. The second-order valence-electron chi connectivity index (χ2n) is 4.90. The molecule has 1 rings (SSSR count). The van der Waals surface area contributed by atoms with E-state index >= 15 is 0 Å². The van der Waals surface area contributed by atoms with Crippen LogP contribution in [0.5, 0.6) is 5.75 Å². The van der Waals surface area contributed by atoms with Crippen LogP contribution in [0.4, 0.5) is 0 Å². The van der Waals surface area contributed by atoms with Crippen molar-refractivity contribution in [2.45, 2.75) is 25.9 Å². The second-order valence-corrected chi connectivity index (χ2v) is 4.90. The Morgan fingerprint density at radius 2 is 1.85 bits per heavy atom. The SMILES string of the molecule is CCN(CCOC)C(C)C(NC)c1ccc(OC)cc1. The molecule has 0 heterocycles. The molecular weight excluding hydrogens is 252 g/mol. The van der Waals surface area contributed by atoms with Gasteiger partial charge >= 0.3 is 0 Å². The molecule has 0 aromatic heterocycles. The molecule has 0 saturated carbocycles. The predicted molar refractivity (Wildman–Crippen MR) is 83.4 cm³/mol. The fourth-order valence-corrected chi connectivity index (χ4v) is 2.57. The molecule has 1 aromatic carbocycles. The Morgan fingerprint density at radius 3 is 2.30 bits per heavy atom. The van der Waals surface area contributed by atoms with Gasteiger partial charge in [-0.1, -0.05) is 19.1 Å². The lowest BCUT2D eigenvalue weighted by atomic mass is 9.99. The maximum absolute atomic E-state index is 5.22. The molecule has 2 atom stereocenters. The van der Waals surface area contributed by atoms with Crippen molar-refractivity contribution in [1.29, 1.82) is 0 Å². The fraction of sp³-hybridized carbons (Fsp3) is 0.625. The summed E-state index contributed by atoms with van der Waals surface area (Å²) in [5.74, 6) is 0.892. The van der Waals surface area contributed by atoms with Gasteiger partial charge in [0.25, 0.3) is 0 Å². The van der Waals surface area contributed by atoms with Crippen molar-refractivity contribution in [1.82, 2.24) is 10.2 Å². The molecule has 0 aliphatic carbocycles. The Labute approximate surface area is 123 Å². The first-order valence-corrected chi connectivity index (χ1v) is 7.22. The highest BCUT2D eigenvalue weighted by Crippen LogP contribution is 2.23. The lowest BCUT2D eigenvalue weighted by Gasteiger charge is -2.34. The predicted octanol–water partition coefficient (Wildman–Crippen LogP) is 2.31. The van der Waals surface area contributed by atoms with Gasteiger partial charge in [0.1, 0.15) is 5.75 Å². The summed E-state index contributed by atoms with van der Waals surface area (Å²) >= 11 is 0. The number of hydrogen-bond acceptors (Lipinski definition) is 4. The number of benzene rings is 1. The van der Waals surface area contributed by atoms with E-state index < -0.39 is 0 Å². The van der Waals surface area contributed by atoms with Crippen LogP contribution >= 0.6 is 0 Å². The number of methoxy groups -OCH3 is 2. The lowest BCUT2D eigenvalue weighted by molar-refractivity contribution is 0.114. The number of nitrogens with one attached hydrogen (secondary N) is 1. The van der Waals surface area contributed by atoms with Gasteiger partial charge in [-0.05, 0) is 38.2 Å². The van der Waals surface area contributed by atoms with Gasteiger partial charge in [0.2, 0.25) is 0 Å². The number of hydrogen-bond donors (Lipinski definition) is 1. The Bertz CT molecular complexity index is 367. The van der Waals surface area contributed by atoms with Crippen LogP contribution in [0.25, 0.3) is 0 Å². The molecule has 0 spiro atoms. The van der Waals surface area contributed by atoms with Crippen LogP contribution in [0.1, 0.15) is 25.5 Å². The van der Waals surface area contributed by atoms with Gasteiger partial charge in [-0.3, -0.25) is 4.90 Å². The molecule has 114 valence electrons. The third kappa shape index (κ3) is 4.47. The Kier molecular flexibility index (Phi) is 7.59. The van der Waals surface area contributed by atoms with Crippen molar-refractivity contribution < 1.29 is 9.47 Å². The molecule has 2 unspecified atom stereocenters. The minimum Gasteiger partial charge on any atom is -0.497 e. The van der Waals surface area contributed by atoms with Crippen LogP contribution in [0.2, 0.25) is 0 Å². The van der Waals surface area contributed by atoms with Gasteiger partial charge in [0, 0.05) is 25.7 Å². The monoisotopic (exact) mass is 280 g/mol. The first kappa shape index (κ1) is 17.0. The van der Waals surface area contributed by atoms with Crippen LogP contribution in [0.3, 0.4) is 0 Å². The van der Waals surface area contributed by atoms with E-state index in [4.69, 9.17) is 9.47 Å². The molecule has 4 heteroatoms. The topological polar surface area (TPSA) is 33.7 Å². The molecule has 1 aromatic rings. The summed E-state index contributed by atoms with van der Waals surface area (Å²) in [5.41, 5.74) is 1.27. The summed E-state index contributed by atoms with van der Waals surface area (Å²) in [7, 11) is 5.45. The largest absolute Gasteiger partial charge is 0.497 e. The molecule has 1 N–H and O–H groups in total. The zero-order chi connectivity index (χ0) is 15.0. The quantitative estimate of drug-likeness (QED) is 0.752. The van der Waals surface area contributed by atoms with Crippen molar-refractivity contribution in [2.75, 3.05) is 41.0 Å². The van der Waals surface area contributed by atoms with Crippen LogP contribution < -0.4 is 10.1 Å². The summed E-state index contributed by atoms with van der Waals surface area (Å²) in [4.78, 5) is 2.43. The first-order chi connectivity index (χ1) is 9.67. The molecule has 0 saturated heterocycles. The van der Waals surface area contributed by atoms with E-state index in [0.29, 0.717) is 6.04 Å². The lowest BCUT2D eigenvalue weighted by Crippen LogP contribution is -2.43. The minimum atomic E-state index is 0.290. The molecule has 0 aliphatic heterocycles. The molecular formula is C16H28N2O2. The zero-order valence-corrected chi connectivity index (χ0v) is 13.3. The van der Waals surface area contributed by atoms with Gasteiger partial charge in [-0.2, -0.15) is 0 Å². The minimum absolute atomic E-state index is 0.290. The van der Waals surface area contributed by atoms with E-state index in [1.54, 1.807) is 14.2 Å². The van der Waals surface area contributed by atoms with Gasteiger partial charge in [-0.15, -0.1) is 0 Å². The molecule has 0 aliphatic rings. The normalized spacial score (nSPS) is 14.3. The molecule has 0 amide bonds. The van der Waals surface area contributed by atoms with Gasteiger partial charge in [0.05, 0.1) is 13.7 Å². The fourth-order valence-electron chi connectivity index (χ4n) is 2.57. The number of likely N-dealkylation sites (N-methyl/N-ethyl adjacent to an activating group) is 2. The molecule has 0 radical (unpaired) electrons. The number of ether oxygens (including phenoxy) is 2. The van der Waals surface area contributed by atoms with Crippen molar-refractivity contribution >= 4 is 0 Å². The van der Waals surface area contributed by atoms with E-state index in [1.807, 2.05) is 19.2 Å².